The second-order valence-corrected chi connectivity index (χ2v) is 13.7. The van der Waals surface area contributed by atoms with E-state index in [1.54, 1.807) is 0 Å². The van der Waals surface area contributed by atoms with Gasteiger partial charge in [-0.15, -0.1) is 0 Å². The van der Waals surface area contributed by atoms with E-state index < -0.39 is 0 Å². The fourth-order valence-electron chi connectivity index (χ4n) is 6.69. The molecule has 3 heteroatoms. The fraction of sp³-hybridized carbons (Fsp3) is 0. The average Bonchev–Trinajstić information content (AvgIpc) is 3.65. The van der Waals surface area contributed by atoms with E-state index in [4.69, 9.17) is 0 Å². The van der Waals surface area contributed by atoms with Crippen molar-refractivity contribution in [2.75, 3.05) is 4.90 Å². The second-order valence-electron chi connectivity index (χ2n) is 11.4. The molecule has 45 heavy (non-hydrogen) atoms. The zero-order valence-electron chi connectivity index (χ0n) is 24.5. The summed E-state index contributed by atoms with van der Waals surface area (Å²) in [7, 11) is 0. The molecule has 9 aromatic rings. The van der Waals surface area contributed by atoms with Gasteiger partial charge in [-0.1, -0.05) is 36.4 Å². The standard InChI is InChI=1S/C42H28N2Se/c1-3-11-31(12-4-1)43(33-22-19-29(20-23-33)30-21-25-37-36-16-8-10-18-41(36)45-42(37)27-30)34-24-26-40-38(28-34)35-15-7-9-17-39(35)44(40)32-13-5-2-6-14-32/h1-28H. The number of benzene rings is 7. The average molecular weight is 640 g/mol. The molecule has 0 radical (unpaired) electrons. The molecule has 2 heterocycles. The van der Waals surface area contributed by atoms with E-state index >= 15 is 0 Å². The van der Waals surface area contributed by atoms with Crippen molar-refractivity contribution in [3.8, 4) is 16.8 Å². The van der Waals surface area contributed by atoms with Crippen LogP contribution < -0.4 is 4.90 Å². The van der Waals surface area contributed by atoms with Crippen LogP contribution >= 0.6 is 0 Å². The Labute approximate surface area is 267 Å². The van der Waals surface area contributed by atoms with E-state index in [1.807, 2.05) is 0 Å². The molecule has 2 aromatic heterocycles. The van der Waals surface area contributed by atoms with Crippen molar-refractivity contribution < 1.29 is 0 Å². The second kappa shape index (κ2) is 10.7. The number of fused-ring (bicyclic) bond motifs is 6. The van der Waals surface area contributed by atoms with E-state index in [0.29, 0.717) is 14.5 Å². The van der Waals surface area contributed by atoms with E-state index in [9.17, 15) is 0 Å². The van der Waals surface area contributed by atoms with Crippen LogP contribution in [0.3, 0.4) is 0 Å². The molecule has 0 aliphatic carbocycles. The molecule has 0 aliphatic heterocycles. The van der Waals surface area contributed by atoms with Crippen LogP contribution in [0, 0.1) is 0 Å². The van der Waals surface area contributed by atoms with Gasteiger partial charge in [-0.25, -0.2) is 0 Å². The van der Waals surface area contributed by atoms with Gasteiger partial charge in [0.15, 0.2) is 0 Å². The van der Waals surface area contributed by atoms with Crippen LogP contribution in [0.4, 0.5) is 17.1 Å². The van der Waals surface area contributed by atoms with Gasteiger partial charge in [0.05, 0.1) is 5.52 Å². The van der Waals surface area contributed by atoms with Crippen molar-refractivity contribution in [1.82, 2.24) is 4.57 Å². The summed E-state index contributed by atoms with van der Waals surface area (Å²) in [4.78, 5) is 2.36. The Morgan fingerprint density at radius 2 is 0.978 bits per heavy atom. The van der Waals surface area contributed by atoms with Gasteiger partial charge >= 0.3 is 198 Å². The molecule has 0 bridgehead atoms. The van der Waals surface area contributed by atoms with Gasteiger partial charge < -0.3 is 4.57 Å². The summed E-state index contributed by atoms with van der Waals surface area (Å²) in [6, 6.07) is 61.8. The van der Waals surface area contributed by atoms with Crippen LogP contribution in [0.5, 0.6) is 0 Å². The van der Waals surface area contributed by atoms with Crippen LogP contribution in [-0.4, -0.2) is 19.1 Å². The third-order valence-corrected chi connectivity index (χ3v) is 11.2. The Kier molecular flexibility index (Phi) is 6.19. The molecule has 0 saturated carbocycles. The predicted octanol–water partition coefficient (Wildman–Crippen LogP) is 11.3. The number of nitrogens with zero attached hydrogens (tertiary/aromatic N) is 2. The normalized spacial score (nSPS) is 11.6. The molecular weight excluding hydrogens is 611 g/mol. The van der Waals surface area contributed by atoms with Crippen molar-refractivity contribution in [3.63, 3.8) is 0 Å². The molecular formula is C42H28N2Se. The first-order valence-electron chi connectivity index (χ1n) is 15.3. The SMILES string of the molecule is c1ccc(N(c2ccc(-c3ccc4c(c3)[se]c3ccccc34)cc2)c2ccc3c(c2)c2ccccc2n3-c2ccccc2)cc1. The Morgan fingerprint density at radius 3 is 1.80 bits per heavy atom. The Balaban J connectivity index is 1.16. The molecule has 0 unspecified atom stereocenters. The van der Waals surface area contributed by atoms with Gasteiger partial charge in [-0.2, -0.15) is 0 Å². The Hall–Kier alpha value is -5.34. The molecule has 7 aromatic carbocycles. The topological polar surface area (TPSA) is 8.17 Å². The number of hydrogen-bond acceptors (Lipinski definition) is 1. The molecule has 0 saturated heterocycles. The Bertz CT molecular complexity index is 2470. The molecule has 0 N–H and O–H groups in total. The summed E-state index contributed by atoms with van der Waals surface area (Å²) >= 11 is 0.355. The van der Waals surface area contributed by atoms with Gasteiger partial charge in [-0.3, -0.25) is 0 Å². The summed E-state index contributed by atoms with van der Waals surface area (Å²) in [5.41, 5.74) is 9.50. The van der Waals surface area contributed by atoms with Crippen LogP contribution in [0.25, 0.3) is 57.9 Å². The van der Waals surface area contributed by atoms with Gasteiger partial charge in [0.2, 0.25) is 0 Å². The van der Waals surface area contributed by atoms with Crippen LogP contribution in [0.2, 0.25) is 0 Å². The molecule has 212 valence electrons. The third kappa shape index (κ3) is 4.40. The van der Waals surface area contributed by atoms with Gasteiger partial charge in [0, 0.05) is 5.69 Å². The first-order chi connectivity index (χ1) is 22.3. The Morgan fingerprint density at radius 1 is 0.378 bits per heavy atom. The summed E-state index contributed by atoms with van der Waals surface area (Å²) in [6.45, 7) is 0. The first kappa shape index (κ1) is 26.1. The van der Waals surface area contributed by atoms with Crippen LogP contribution in [0.15, 0.2) is 170 Å². The first-order valence-corrected chi connectivity index (χ1v) is 17.0. The maximum absolute atomic E-state index is 2.40. The minimum atomic E-state index is 0.355. The minimum absolute atomic E-state index is 0.355. The maximum atomic E-state index is 2.40. The van der Waals surface area contributed by atoms with E-state index in [2.05, 4.69) is 179 Å². The monoisotopic (exact) mass is 640 g/mol. The molecule has 0 fully saturated rings. The van der Waals surface area contributed by atoms with Crippen molar-refractivity contribution in [3.05, 3.63) is 170 Å². The van der Waals surface area contributed by atoms with Crippen molar-refractivity contribution in [2.24, 2.45) is 0 Å². The van der Waals surface area contributed by atoms with Gasteiger partial charge in [0.25, 0.3) is 0 Å². The van der Waals surface area contributed by atoms with Gasteiger partial charge in [-0.05, 0) is 18.2 Å². The summed E-state index contributed by atoms with van der Waals surface area (Å²) < 4.78 is 5.32. The van der Waals surface area contributed by atoms with E-state index in [-0.39, 0.29) is 0 Å². The van der Waals surface area contributed by atoms with Crippen LogP contribution in [-0.2, 0) is 0 Å². The number of para-hydroxylation sites is 3. The number of anilines is 3. The quantitative estimate of drug-likeness (QED) is 0.170. The molecule has 9 rings (SSSR count). The molecule has 0 atom stereocenters. The molecule has 0 spiro atoms. The molecule has 0 aliphatic rings. The summed E-state index contributed by atoms with van der Waals surface area (Å²) in [5, 5.41) is 5.29. The predicted molar refractivity (Wildman–Crippen MR) is 193 cm³/mol. The summed E-state index contributed by atoms with van der Waals surface area (Å²) in [6.07, 6.45) is 0. The van der Waals surface area contributed by atoms with Crippen LogP contribution in [0.1, 0.15) is 0 Å². The number of rotatable bonds is 5. The molecule has 2 nitrogen and oxygen atoms in total. The van der Waals surface area contributed by atoms with E-state index in [1.165, 1.54) is 57.9 Å². The van der Waals surface area contributed by atoms with Gasteiger partial charge in [0.1, 0.15) is 0 Å². The number of hydrogen-bond donors (Lipinski definition) is 0. The zero-order valence-corrected chi connectivity index (χ0v) is 26.2. The number of aromatic nitrogens is 1. The zero-order chi connectivity index (χ0) is 29.7. The van der Waals surface area contributed by atoms with Crippen molar-refractivity contribution >= 4 is 72.7 Å². The fourth-order valence-corrected chi connectivity index (χ4v) is 9.09. The summed E-state index contributed by atoms with van der Waals surface area (Å²) in [5.74, 6) is 0. The van der Waals surface area contributed by atoms with E-state index in [0.717, 1.165) is 17.1 Å². The van der Waals surface area contributed by atoms with Crippen molar-refractivity contribution in [2.45, 2.75) is 0 Å². The molecule has 0 amide bonds. The third-order valence-electron chi connectivity index (χ3n) is 8.78. The van der Waals surface area contributed by atoms with Crippen molar-refractivity contribution in [1.29, 1.82) is 0 Å².